The lowest BCUT2D eigenvalue weighted by atomic mass is 10.2. The van der Waals surface area contributed by atoms with E-state index in [-0.39, 0.29) is 30.1 Å². The molecule has 2 atom stereocenters. The average molecular weight is 506 g/mol. The van der Waals surface area contributed by atoms with E-state index in [0.29, 0.717) is 36.1 Å². The molecule has 2 aromatic rings. The molecule has 0 bridgehead atoms. The average Bonchev–Trinajstić information content (AvgIpc) is 3.09. The smallest absolute Gasteiger partial charge is 0.416 e. The third kappa shape index (κ3) is 4.48. The van der Waals surface area contributed by atoms with E-state index >= 15 is 0 Å². The number of piperazine rings is 1. The van der Waals surface area contributed by atoms with Crippen LogP contribution in [0.3, 0.4) is 0 Å². The van der Waals surface area contributed by atoms with Crippen LogP contribution in [0.15, 0.2) is 52.0 Å². The molecule has 2 saturated heterocycles. The lowest BCUT2D eigenvalue weighted by Crippen LogP contribution is -2.51. The van der Waals surface area contributed by atoms with Crippen LogP contribution in [0, 0.1) is 0 Å². The Labute approximate surface area is 180 Å². The first-order valence-corrected chi connectivity index (χ1v) is 11.6. The molecule has 0 unspecified atom stereocenters. The van der Waals surface area contributed by atoms with Crippen LogP contribution in [0.2, 0.25) is 0 Å². The molecule has 6 nitrogen and oxygen atoms in total. The Kier molecular flexibility index (Phi) is 5.82. The predicted octanol–water partition coefficient (Wildman–Crippen LogP) is 3.39. The van der Waals surface area contributed by atoms with Crippen molar-refractivity contribution in [3.05, 3.63) is 52.6 Å². The van der Waals surface area contributed by atoms with Crippen molar-refractivity contribution in [3.8, 4) is 5.88 Å². The number of pyridine rings is 1. The Bertz CT molecular complexity index is 1030. The van der Waals surface area contributed by atoms with Crippen molar-refractivity contribution in [2.75, 3.05) is 26.2 Å². The van der Waals surface area contributed by atoms with Crippen molar-refractivity contribution < 1.29 is 26.3 Å². The van der Waals surface area contributed by atoms with Crippen LogP contribution in [0.4, 0.5) is 13.2 Å². The lowest BCUT2D eigenvalue weighted by Gasteiger charge is -2.36. The van der Waals surface area contributed by atoms with Gasteiger partial charge in [-0.05, 0) is 40.2 Å². The van der Waals surface area contributed by atoms with Gasteiger partial charge in [-0.15, -0.1) is 0 Å². The fraction of sp³-hybridized carbons (Fsp3) is 0.421. The molecule has 1 aromatic carbocycles. The van der Waals surface area contributed by atoms with Gasteiger partial charge in [0.05, 0.1) is 10.5 Å². The summed E-state index contributed by atoms with van der Waals surface area (Å²) < 4.78 is 72.7. The van der Waals surface area contributed by atoms with Gasteiger partial charge in [-0.2, -0.15) is 17.5 Å². The van der Waals surface area contributed by atoms with E-state index in [2.05, 4.69) is 25.8 Å². The van der Waals surface area contributed by atoms with E-state index in [9.17, 15) is 21.6 Å². The maximum atomic E-state index is 13.0. The lowest BCUT2D eigenvalue weighted by molar-refractivity contribution is -0.137. The molecule has 0 amide bonds. The van der Waals surface area contributed by atoms with Gasteiger partial charge in [0, 0.05) is 44.7 Å². The van der Waals surface area contributed by atoms with Crippen molar-refractivity contribution in [3.63, 3.8) is 0 Å². The highest BCUT2D eigenvalue weighted by molar-refractivity contribution is 9.10. The maximum Gasteiger partial charge on any atom is 0.416 e. The van der Waals surface area contributed by atoms with Gasteiger partial charge in [0.1, 0.15) is 10.7 Å². The summed E-state index contributed by atoms with van der Waals surface area (Å²) >= 11 is 3.30. The number of halogens is 4. The van der Waals surface area contributed by atoms with E-state index in [0.717, 1.165) is 12.1 Å². The highest BCUT2D eigenvalue weighted by Gasteiger charge is 2.41. The topological polar surface area (TPSA) is 62.7 Å². The zero-order valence-electron chi connectivity index (χ0n) is 15.7. The second kappa shape index (κ2) is 8.10. The zero-order chi connectivity index (χ0) is 21.5. The van der Waals surface area contributed by atoms with Gasteiger partial charge in [0.15, 0.2) is 0 Å². The number of hydrogen-bond donors (Lipinski definition) is 0. The zero-order valence-corrected chi connectivity index (χ0v) is 18.1. The summed E-state index contributed by atoms with van der Waals surface area (Å²) in [6.45, 7) is 1.58. The van der Waals surface area contributed by atoms with Gasteiger partial charge in [0.2, 0.25) is 15.9 Å². The summed E-state index contributed by atoms with van der Waals surface area (Å²) in [6, 6.07) is 9.20. The summed E-state index contributed by atoms with van der Waals surface area (Å²) in [6.07, 6.45) is -4.11. The van der Waals surface area contributed by atoms with Gasteiger partial charge in [-0.25, -0.2) is 13.4 Å². The minimum absolute atomic E-state index is 0.0588. The molecule has 0 aliphatic carbocycles. The number of fused-ring (bicyclic) bond motifs is 1. The van der Waals surface area contributed by atoms with Crippen LogP contribution in [0.1, 0.15) is 12.0 Å². The summed E-state index contributed by atoms with van der Waals surface area (Å²) in [5.74, 6) is 0.489. The second-order valence-corrected chi connectivity index (χ2v) is 10.1. The molecule has 3 heterocycles. The highest BCUT2D eigenvalue weighted by atomic mass is 79.9. The van der Waals surface area contributed by atoms with Crippen LogP contribution in [0.5, 0.6) is 5.88 Å². The van der Waals surface area contributed by atoms with Crippen LogP contribution in [-0.2, 0) is 16.2 Å². The summed E-state index contributed by atoms with van der Waals surface area (Å²) in [4.78, 5) is 6.07. The Morgan fingerprint density at radius 3 is 2.60 bits per heavy atom. The van der Waals surface area contributed by atoms with Crippen molar-refractivity contribution in [1.29, 1.82) is 0 Å². The summed E-state index contributed by atoms with van der Waals surface area (Å²) in [7, 11) is -4.02. The fourth-order valence-electron chi connectivity index (χ4n) is 3.88. The van der Waals surface area contributed by atoms with E-state index < -0.39 is 21.8 Å². The quantitative estimate of drug-likeness (QED) is 0.596. The number of sulfonamides is 1. The molecule has 30 heavy (non-hydrogen) atoms. The summed E-state index contributed by atoms with van der Waals surface area (Å²) in [5, 5.41) is 0. The van der Waals surface area contributed by atoms with Gasteiger partial charge in [-0.3, -0.25) is 4.90 Å². The minimum Gasteiger partial charge on any atom is -0.473 e. The molecule has 162 valence electrons. The van der Waals surface area contributed by atoms with Crippen LogP contribution >= 0.6 is 15.9 Å². The molecule has 1 aromatic heterocycles. The number of hydrogen-bond acceptors (Lipinski definition) is 5. The second-order valence-electron chi connectivity index (χ2n) is 7.31. The minimum atomic E-state index is -4.60. The third-order valence-corrected chi connectivity index (χ3v) is 7.62. The first-order chi connectivity index (χ1) is 14.1. The van der Waals surface area contributed by atoms with Crippen molar-refractivity contribution >= 4 is 26.0 Å². The first kappa shape index (κ1) is 21.5. The molecular formula is C19H19BrF3N3O3S. The Morgan fingerprint density at radius 1 is 1.10 bits per heavy atom. The van der Waals surface area contributed by atoms with Crippen LogP contribution < -0.4 is 4.74 Å². The Morgan fingerprint density at radius 2 is 1.87 bits per heavy atom. The maximum absolute atomic E-state index is 13.0. The molecule has 0 N–H and O–H groups in total. The van der Waals surface area contributed by atoms with Crippen molar-refractivity contribution in [2.24, 2.45) is 0 Å². The standard InChI is InChI=1S/C19H19BrF3N3O3S/c20-17-5-2-6-18(24-17)29-15-10-14-11-26(8-7-25(14)12-15)30(27,28)16-4-1-3-13(9-16)19(21,22)23/h1-6,9,14-15H,7-8,10-12H2/t14-,15-/m0/s1. The molecular weight excluding hydrogens is 487 g/mol. The molecule has 0 spiro atoms. The van der Waals surface area contributed by atoms with Crippen LogP contribution in [0.25, 0.3) is 0 Å². The van der Waals surface area contributed by atoms with Crippen LogP contribution in [-0.4, -0.2) is 60.9 Å². The number of ether oxygens (including phenoxy) is 1. The number of alkyl halides is 3. The van der Waals surface area contributed by atoms with E-state index in [4.69, 9.17) is 4.74 Å². The molecule has 2 aliphatic rings. The van der Waals surface area contributed by atoms with E-state index in [1.54, 1.807) is 12.1 Å². The number of rotatable bonds is 4. The number of aromatic nitrogens is 1. The van der Waals surface area contributed by atoms with Crippen molar-refractivity contribution in [2.45, 2.75) is 29.6 Å². The number of benzene rings is 1. The van der Waals surface area contributed by atoms with E-state index in [1.165, 1.54) is 10.4 Å². The summed E-state index contributed by atoms with van der Waals surface area (Å²) in [5.41, 5.74) is -0.974. The number of nitrogens with zero attached hydrogens (tertiary/aromatic N) is 3. The molecule has 2 aliphatic heterocycles. The van der Waals surface area contributed by atoms with Crippen molar-refractivity contribution in [1.82, 2.24) is 14.2 Å². The Hall–Kier alpha value is -1.69. The Balaban J connectivity index is 1.46. The molecule has 2 fully saturated rings. The highest BCUT2D eigenvalue weighted by Crippen LogP contribution is 2.32. The third-order valence-electron chi connectivity index (χ3n) is 5.32. The van der Waals surface area contributed by atoms with E-state index in [1.807, 2.05) is 6.07 Å². The molecule has 11 heteroatoms. The van der Waals surface area contributed by atoms with Gasteiger partial charge in [0.25, 0.3) is 0 Å². The monoisotopic (exact) mass is 505 g/mol. The largest absolute Gasteiger partial charge is 0.473 e. The normalized spacial score (nSPS) is 23.3. The molecule has 0 radical (unpaired) electrons. The SMILES string of the molecule is O=S(=O)(c1cccc(C(F)(F)F)c1)N1CCN2C[C@@H](Oc3cccc(Br)n3)C[C@H]2C1. The van der Waals surface area contributed by atoms with Gasteiger partial charge < -0.3 is 4.74 Å². The fourth-order valence-corrected chi connectivity index (χ4v) is 5.72. The van der Waals surface area contributed by atoms with Gasteiger partial charge in [-0.1, -0.05) is 12.1 Å². The predicted molar refractivity (Wildman–Crippen MR) is 107 cm³/mol. The molecule has 4 rings (SSSR count). The first-order valence-electron chi connectivity index (χ1n) is 9.33. The molecule has 0 saturated carbocycles. The van der Waals surface area contributed by atoms with Gasteiger partial charge >= 0.3 is 6.18 Å².